The zero-order chi connectivity index (χ0) is 19.9. The Labute approximate surface area is 165 Å². The van der Waals surface area contributed by atoms with Crippen LogP contribution in [0.4, 0.5) is 0 Å². The van der Waals surface area contributed by atoms with Crippen LogP contribution in [0, 0.1) is 0 Å². The number of benzene rings is 1. The third-order valence-corrected chi connectivity index (χ3v) is 4.82. The summed E-state index contributed by atoms with van der Waals surface area (Å²) in [4.78, 5) is 26.4. The molecule has 0 N–H and O–H groups in total. The van der Waals surface area contributed by atoms with E-state index in [4.69, 9.17) is 18.9 Å². The summed E-state index contributed by atoms with van der Waals surface area (Å²) in [6.07, 6.45) is 6.38. The van der Waals surface area contributed by atoms with Crippen molar-refractivity contribution in [3.05, 3.63) is 23.8 Å². The second-order valence-corrected chi connectivity index (χ2v) is 6.90. The van der Waals surface area contributed by atoms with E-state index in [0.717, 1.165) is 38.8 Å². The van der Waals surface area contributed by atoms with Gasteiger partial charge in [-0.1, -0.05) is 12.8 Å². The molecule has 7 heteroatoms. The number of esters is 1. The van der Waals surface area contributed by atoms with Crippen molar-refractivity contribution < 1.29 is 28.5 Å². The molecule has 1 amide bonds. The first-order chi connectivity index (χ1) is 13.6. The Morgan fingerprint density at radius 2 is 1.82 bits per heavy atom. The van der Waals surface area contributed by atoms with Gasteiger partial charge in [0.15, 0.2) is 17.6 Å². The number of amides is 1. The Kier molecular flexibility index (Phi) is 6.79. The van der Waals surface area contributed by atoms with Crippen molar-refractivity contribution in [3.8, 4) is 17.2 Å². The van der Waals surface area contributed by atoms with Crippen LogP contribution >= 0.6 is 0 Å². The molecule has 1 saturated heterocycles. The van der Waals surface area contributed by atoms with Gasteiger partial charge in [0.05, 0.1) is 7.11 Å². The van der Waals surface area contributed by atoms with E-state index in [-0.39, 0.29) is 5.91 Å². The fraction of sp³-hybridized carbons (Fsp3) is 0.524. The number of nitrogens with zero attached hydrogens (tertiary/aromatic N) is 1. The third kappa shape index (κ3) is 4.97. The van der Waals surface area contributed by atoms with Crippen molar-refractivity contribution >= 4 is 18.0 Å². The van der Waals surface area contributed by atoms with Crippen LogP contribution in [-0.2, 0) is 14.3 Å². The van der Waals surface area contributed by atoms with Crippen LogP contribution in [0.2, 0.25) is 0 Å². The monoisotopic (exact) mass is 389 g/mol. The molecule has 0 unspecified atom stereocenters. The van der Waals surface area contributed by atoms with Crippen molar-refractivity contribution in [2.24, 2.45) is 0 Å². The third-order valence-electron chi connectivity index (χ3n) is 4.82. The topological polar surface area (TPSA) is 74.3 Å². The average molecular weight is 389 g/mol. The summed E-state index contributed by atoms with van der Waals surface area (Å²) in [5, 5.41) is 0. The molecule has 7 nitrogen and oxygen atoms in total. The van der Waals surface area contributed by atoms with E-state index in [1.165, 1.54) is 6.08 Å². The second kappa shape index (κ2) is 9.48. The molecule has 0 saturated carbocycles. The molecule has 0 aromatic heterocycles. The number of hydrogen-bond donors (Lipinski definition) is 0. The van der Waals surface area contributed by atoms with Crippen LogP contribution in [0.1, 0.15) is 38.2 Å². The molecule has 0 bridgehead atoms. The molecule has 1 fully saturated rings. The summed E-state index contributed by atoms with van der Waals surface area (Å²) in [6, 6.07) is 3.52. The van der Waals surface area contributed by atoms with E-state index in [9.17, 15) is 9.59 Å². The normalized spacial score (nSPS) is 17.7. The first kappa shape index (κ1) is 20.0. The standard InChI is InChI=1S/C21H27NO6/c1-15(21(24)22-9-5-3-4-6-10-22)28-19(23)8-7-16-13-17(25-2)20-18(14-16)26-11-12-27-20/h7-8,13-15H,3-6,9-12H2,1-2H3/b8-7+/t15-/m1/s1. The molecule has 152 valence electrons. The maximum absolute atomic E-state index is 12.5. The largest absolute Gasteiger partial charge is 0.493 e. The highest BCUT2D eigenvalue weighted by Gasteiger charge is 2.24. The van der Waals surface area contributed by atoms with Gasteiger partial charge in [0.1, 0.15) is 13.2 Å². The van der Waals surface area contributed by atoms with Gasteiger partial charge in [-0.15, -0.1) is 0 Å². The lowest BCUT2D eigenvalue weighted by molar-refractivity contribution is -0.155. The van der Waals surface area contributed by atoms with Crippen molar-refractivity contribution in [2.45, 2.75) is 38.7 Å². The van der Waals surface area contributed by atoms with Crippen molar-refractivity contribution in [2.75, 3.05) is 33.4 Å². The number of fused-ring (bicyclic) bond motifs is 1. The van der Waals surface area contributed by atoms with Gasteiger partial charge in [0.2, 0.25) is 5.75 Å². The minimum Gasteiger partial charge on any atom is -0.493 e. The molecule has 0 spiro atoms. The number of ether oxygens (including phenoxy) is 4. The molecule has 2 heterocycles. The lowest BCUT2D eigenvalue weighted by Gasteiger charge is -2.23. The molecule has 1 aromatic carbocycles. The molecule has 0 aliphatic carbocycles. The molecular formula is C21H27NO6. The Bertz CT molecular complexity index is 719. The summed E-state index contributed by atoms with van der Waals surface area (Å²) in [5.41, 5.74) is 0.713. The van der Waals surface area contributed by atoms with Gasteiger partial charge in [0, 0.05) is 19.2 Å². The fourth-order valence-electron chi connectivity index (χ4n) is 3.37. The van der Waals surface area contributed by atoms with Gasteiger partial charge in [-0.3, -0.25) is 4.79 Å². The average Bonchev–Trinajstić information content (AvgIpc) is 3.00. The molecule has 28 heavy (non-hydrogen) atoms. The minimum atomic E-state index is -0.801. The lowest BCUT2D eigenvalue weighted by atomic mass is 10.1. The predicted octanol–water partition coefficient (Wildman–Crippen LogP) is 2.81. The highest BCUT2D eigenvalue weighted by molar-refractivity contribution is 5.90. The Morgan fingerprint density at radius 1 is 1.11 bits per heavy atom. The maximum atomic E-state index is 12.5. The quantitative estimate of drug-likeness (QED) is 0.570. The second-order valence-electron chi connectivity index (χ2n) is 6.90. The number of carbonyl (C=O) groups is 2. The lowest BCUT2D eigenvalue weighted by Crippen LogP contribution is -2.40. The van der Waals surface area contributed by atoms with E-state index in [1.807, 2.05) is 0 Å². The van der Waals surface area contributed by atoms with E-state index < -0.39 is 12.1 Å². The number of hydrogen-bond acceptors (Lipinski definition) is 6. The van der Waals surface area contributed by atoms with Gasteiger partial charge in [-0.25, -0.2) is 4.79 Å². The number of rotatable bonds is 5. The Hall–Kier alpha value is -2.70. The zero-order valence-electron chi connectivity index (χ0n) is 16.4. The fourth-order valence-corrected chi connectivity index (χ4v) is 3.37. The van der Waals surface area contributed by atoms with Crippen molar-refractivity contribution in [3.63, 3.8) is 0 Å². The van der Waals surface area contributed by atoms with Crippen LogP contribution in [0.15, 0.2) is 18.2 Å². The van der Waals surface area contributed by atoms with E-state index in [1.54, 1.807) is 37.1 Å². The Balaban J connectivity index is 1.61. The Morgan fingerprint density at radius 3 is 2.54 bits per heavy atom. The first-order valence-corrected chi connectivity index (χ1v) is 9.73. The van der Waals surface area contributed by atoms with E-state index in [2.05, 4.69) is 0 Å². The minimum absolute atomic E-state index is 0.135. The smallest absolute Gasteiger partial charge is 0.331 e. The summed E-state index contributed by atoms with van der Waals surface area (Å²) < 4.78 is 21.8. The number of likely N-dealkylation sites (tertiary alicyclic amines) is 1. The zero-order valence-corrected chi connectivity index (χ0v) is 16.4. The van der Waals surface area contributed by atoms with Gasteiger partial charge in [0.25, 0.3) is 5.91 Å². The molecule has 1 atom stereocenters. The predicted molar refractivity (Wildman–Crippen MR) is 104 cm³/mol. The molecule has 2 aliphatic rings. The molecular weight excluding hydrogens is 362 g/mol. The summed E-state index contributed by atoms with van der Waals surface area (Å²) in [6.45, 7) is 4.00. The summed E-state index contributed by atoms with van der Waals surface area (Å²) in [5.74, 6) is 0.970. The maximum Gasteiger partial charge on any atom is 0.331 e. The van der Waals surface area contributed by atoms with Crippen LogP contribution in [0.3, 0.4) is 0 Å². The number of methoxy groups -OCH3 is 1. The van der Waals surface area contributed by atoms with Crippen molar-refractivity contribution in [1.29, 1.82) is 0 Å². The van der Waals surface area contributed by atoms with Gasteiger partial charge in [-0.05, 0) is 43.5 Å². The van der Waals surface area contributed by atoms with E-state index in [0.29, 0.717) is 36.0 Å². The molecule has 1 aromatic rings. The highest BCUT2D eigenvalue weighted by atomic mass is 16.6. The van der Waals surface area contributed by atoms with E-state index >= 15 is 0 Å². The molecule has 0 radical (unpaired) electrons. The van der Waals surface area contributed by atoms with Crippen LogP contribution in [-0.4, -0.2) is 56.3 Å². The van der Waals surface area contributed by atoms with Crippen LogP contribution in [0.5, 0.6) is 17.2 Å². The summed E-state index contributed by atoms with van der Waals surface area (Å²) >= 11 is 0. The SMILES string of the molecule is COc1cc(/C=C/C(=O)O[C@H](C)C(=O)N2CCCCCC2)cc2c1OCCO2. The van der Waals surface area contributed by atoms with Crippen LogP contribution in [0.25, 0.3) is 6.08 Å². The van der Waals surface area contributed by atoms with Crippen LogP contribution < -0.4 is 14.2 Å². The number of carbonyl (C=O) groups excluding carboxylic acids is 2. The van der Waals surface area contributed by atoms with Crippen molar-refractivity contribution in [1.82, 2.24) is 4.90 Å². The van der Waals surface area contributed by atoms with Gasteiger partial charge >= 0.3 is 5.97 Å². The van der Waals surface area contributed by atoms with Gasteiger partial charge < -0.3 is 23.8 Å². The van der Waals surface area contributed by atoms with Gasteiger partial charge in [-0.2, -0.15) is 0 Å². The highest BCUT2D eigenvalue weighted by Crippen LogP contribution is 2.40. The first-order valence-electron chi connectivity index (χ1n) is 9.73. The molecule has 3 rings (SSSR count). The summed E-state index contributed by atoms with van der Waals surface area (Å²) in [7, 11) is 1.55. The molecule has 2 aliphatic heterocycles.